The van der Waals surface area contributed by atoms with Gasteiger partial charge in [0.2, 0.25) is 0 Å². The predicted molar refractivity (Wildman–Crippen MR) is 97.9 cm³/mol. The Morgan fingerprint density at radius 2 is 1.90 bits per heavy atom. The molecule has 1 saturated heterocycles. The van der Waals surface area contributed by atoms with Crippen LogP contribution in [0.2, 0.25) is 0 Å². The summed E-state index contributed by atoms with van der Waals surface area (Å²) in [7, 11) is 0. The van der Waals surface area contributed by atoms with Crippen molar-refractivity contribution in [1.29, 1.82) is 0 Å². The van der Waals surface area contributed by atoms with Gasteiger partial charge in [-0.2, -0.15) is 5.10 Å². The standard InChI is InChI=1S/C18H19F3N6O2/c1-18(2)9-26(17(29)24-18)13-7-22-27-4-3-25(8-14(13)27)16(28)23-10-5-11(19)15(21)12(20)6-10/h5-7H,3-4,8-9H2,1-2H3,(H,23,28)(H,24,29). The first kappa shape index (κ1) is 19.1. The summed E-state index contributed by atoms with van der Waals surface area (Å²) in [5, 5.41) is 9.54. The minimum Gasteiger partial charge on any atom is -0.331 e. The van der Waals surface area contributed by atoms with Gasteiger partial charge in [0.15, 0.2) is 17.5 Å². The second-order valence-electron chi connectivity index (χ2n) is 7.71. The molecule has 0 aliphatic carbocycles. The summed E-state index contributed by atoms with van der Waals surface area (Å²) in [4.78, 5) is 27.9. The maximum Gasteiger partial charge on any atom is 0.322 e. The third kappa shape index (κ3) is 3.47. The van der Waals surface area contributed by atoms with Gasteiger partial charge in [-0.15, -0.1) is 0 Å². The Balaban J connectivity index is 1.52. The number of urea groups is 2. The van der Waals surface area contributed by atoms with Crippen LogP contribution in [0.4, 0.5) is 34.1 Å². The van der Waals surface area contributed by atoms with Crippen molar-refractivity contribution < 1.29 is 22.8 Å². The maximum absolute atomic E-state index is 13.4. The summed E-state index contributed by atoms with van der Waals surface area (Å²) in [6.45, 7) is 5.11. The quantitative estimate of drug-likeness (QED) is 0.750. The smallest absolute Gasteiger partial charge is 0.322 e. The summed E-state index contributed by atoms with van der Waals surface area (Å²) >= 11 is 0. The van der Waals surface area contributed by atoms with Crippen molar-refractivity contribution in [2.75, 3.05) is 23.3 Å². The number of nitrogens with one attached hydrogen (secondary N) is 2. The third-order valence-electron chi connectivity index (χ3n) is 4.91. The Kier molecular flexibility index (Phi) is 4.39. The second kappa shape index (κ2) is 6.68. The zero-order chi connectivity index (χ0) is 20.9. The van der Waals surface area contributed by atoms with Gasteiger partial charge in [-0.1, -0.05) is 0 Å². The Hall–Kier alpha value is -3.24. The number of anilines is 2. The summed E-state index contributed by atoms with van der Waals surface area (Å²) in [6, 6.07) is 0.587. The topological polar surface area (TPSA) is 82.5 Å². The van der Waals surface area contributed by atoms with Gasteiger partial charge in [-0.25, -0.2) is 22.8 Å². The molecule has 0 atom stereocenters. The van der Waals surface area contributed by atoms with E-state index in [0.29, 0.717) is 43.1 Å². The Bertz CT molecular complexity index is 982. The van der Waals surface area contributed by atoms with E-state index in [9.17, 15) is 22.8 Å². The second-order valence-corrected chi connectivity index (χ2v) is 7.71. The van der Waals surface area contributed by atoms with Crippen molar-refractivity contribution in [3.05, 3.63) is 41.5 Å². The van der Waals surface area contributed by atoms with E-state index in [0.717, 1.165) is 0 Å². The minimum absolute atomic E-state index is 0.150. The number of benzene rings is 1. The minimum atomic E-state index is -1.60. The van der Waals surface area contributed by atoms with E-state index in [-0.39, 0.29) is 18.3 Å². The first-order valence-corrected chi connectivity index (χ1v) is 8.99. The largest absolute Gasteiger partial charge is 0.331 e. The van der Waals surface area contributed by atoms with Crippen LogP contribution < -0.4 is 15.5 Å². The van der Waals surface area contributed by atoms with Crippen molar-refractivity contribution in [2.24, 2.45) is 0 Å². The highest BCUT2D eigenvalue weighted by atomic mass is 19.2. The predicted octanol–water partition coefficient (Wildman–Crippen LogP) is 2.66. The molecule has 0 spiro atoms. The fraction of sp³-hybridized carbons (Fsp3) is 0.389. The Morgan fingerprint density at radius 1 is 1.21 bits per heavy atom. The normalized spacial score (nSPS) is 17.9. The molecule has 0 bridgehead atoms. The van der Waals surface area contributed by atoms with Gasteiger partial charge < -0.3 is 15.5 Å². The van der Waals surface area contributed by atoms with Crippen LogP contribution in [0, 0.1) is 17.5 Å². The molecule has 2 N–H and O–H groups in total. The van der Waals surface area contributed by atoms with Gasteiger partial charge in [0, 0.05) is 24.4 Å². The number of halogens is 3. The Morgan fingerprint density at radius 3 is 2.52 bits per heavy atom. The average Bonchev–Trinajstić information content (AvgIpc) is 3.18. The van der Waals surface area contributed by atoms with E-state index < -0.39 is 29.0 Å². The molecule has 0 unspecified atom stereocenters. The monoisotopic (exact) mass is 408 g/mol. The van der Waals surface area contributed by atoms with Gasteiger partial charge in [-0.05, 0) is 13.8 Å². The fourth-order valence-corrected chi connectivity index (χ4v) is 3.52. The van der Waals surface area contributed by atoms with Crippen LogP contribution in [0.1, 0.15) is 19.5 Å². The van der Waals surface area contributed by atoms with Crippen molar-refractivity contribution in [3.8, 4) is 0 Å². The van der Waals surface area contributed by atoms with Gasteiger partial charge in [-0.3, -0.25) is 9.58 Å². The van der Waals surface area contributed by atoms with Crippen molar-refractivity contribution in [2.45, 2.75) is 32.5 Å². The lowest BCUT2D eigenvalue weighted by atomic mass is 10.1. The van der Waals surface area contributed by atoms with Crippen LogP contribution >= 0.6 is 0 Å². The lowest BCUT2D eigenvalue weighted by molar-refractivity contribution is 0.194. The van der Waals surface area contributed by atoms with Crippen LogP contribution in [0.5, 0.6) is 0 Å². The molecule has 8 nitrogen and oxygen atoms in total. The molecule has 11 heteroatoms. The number of rotatable bonds is 2. The van der Waals surface area contributed by atoms with Crippen LogP contribution in [-0.4, -0.2) is 45.4 Å². The average molecular weight is 408 g/mol. The molecular weight excluding hydrogens is 389 g/mol. The summed E-state index contributed by atoms with van der Waals surface area (Å²) in [5.74, 6) is -4.37. The maximum atomic E-state index is 13.4. The molecule has 2 aliphatic heterocycles. The van der Waals surface area contributed by atoms with Gasteiger partial charge >= 0.3 is 12.1 Å². The zero-order valence-corrected chi connectivity index (χ0v) is 15.8. The molecule has 1 aromatic heterocycles. The highest BCUT2D eigenvalue weighted by molar-refractivity contribution is 5.96. The molecule has 4 rings (SSSR count). The van der Waals surface area contributed by atoms with Crippen LogP contribution in [0.15, 0.2) is 18.3 Å². The number of hydrogen-bond donors (Lipinski definition) is 2. The van der Waals surface area contributed by atoms with Gasteiger partial charge in [0.25, 0.3) is 0 Å². The Labute approximate surface area is 164 Å². The van der Waals surface area contributed by atoms with E-state index in [1.807, 2.05) is 13.8 Å². The molecule has 0 saturated carbocycles. The van der Waals surface area contributed by atoms with E-state index in [2.05, 4.69) is 15.7 Å². The molecule has 1 aromatic carbocycles. The highest BCUT2D eigenvalue weighted by Gasteiger charge is 2.38. The molecule has 154 valence electrons. The molecule has 0 radical (unpaired) electrons. The molecule has 29 heavy (non-hydrogen) atoms. The van der Waals surface area contributed by atoms with E-state index in [4.69, 9.17) is 0 Å². The van der Waals surface area contributed by atoms with E-state index in [1.54, 1.807) is 15.8 Å². The number of fused-ring (bicyclic) bond motifs is 1. The van der Waals surface area contributed by atoms with Crippen LogP contribution in [-0.2, 0) is 13.1 Å². The van der Waals surface area contributed by atoms with Crippen LogP contribution in [0.25, 0.3) is 0 Å². The van der Waals surface area contributed by atoms with Crippen molar-refractivity contribution in [1.82, 2.24) is 20.0 Å². The van der Waals surface area contributed by atoms with E-state index in [1.165, 1.54) is 4.90 Å². The molecule has 2 aliphatic rings. The number of amides is 4. The highest BCUT2D eigenvalue weighted by Crippen LogP contribution is 2.29. The van der Waals surface area contributed by atoms with Crippen molar-refractivity contribution in [3.63, 3.8) is 0 Å². The lowest BCUT2D eigenvalue weighted by Gasteiger charge is -2.29. The number of nitrogens with zero attached hydrogens (tertiary/aromatic N) is 4. The zero-order valence-electron chi connectivity index (χ0n) is 15.8. The van der Waals surface area contributed by atoms with Gasteiger partial charge in [0.05, 0.1) is 42.8 Å². The molecular formula is C18H19F3N6O2. The first-order chi connectivity index (χ1) is 13.6. The van der Waals surface area contributed by atoms with Crippen molar-refractivity contribution >= 4 is 23.4 Å². The number of carbonyl (C=O) groups is 2. The van der Waals surface area contributed by atoms with E-state index >= 15 is 0 Å². The lowest BCUT2D eigenvalue weighted by Crippen LogP contribution is -2.41. The summed E-state index contributed by atoms with van der Waals surface area (Å²) in [5.41, 5.74) is 0.695. The first-order valence-electron chi connectivity index (χ1n) is 8.99. The SMILES string of the molecule is CC1(C)CN(c2cnn3c2CN(C(=O)Nc2cc(F)c(F)c(F)c2)CC3)C(=O)N1. The van der Waals surface area contributed by atoms with Crippen LogP contribution in [0.3, 0.4) is 0 Å². The molecule has 3 heterocycles. The molecule has 2 aromatic rings. The summed E-state index contributed by atoms with van der Waals surface area (Å²) < 4.78 is 41.6. The number of carbonyl (C=O) groups excluding carboxylic acids is 2. The number of aromatic nitrogens is 2. The third-order valence-corrected chi connectivity index (χ3v) is 4.91. The van der Waals surface area contributed by atoms with Gasteiger partial charge in [0.1, 0.15) is 0 Å². The fourth-order valence-electron chi connectivity index (χ4n) is 3.52. The molecule has 1 fully saturated rings. The number of hydrogen-bond acceptors (Lipinski definition) is 3. The summed E-state index contributed by atoms with van der Waals surface area (Å²) in [6.07, 6.45) is 1.59. The molecule has 4 amide bonds.